The molecule has 0 saturated heterocycles. The molecule has 0 radical (unpaired) electrons. The van der Waals surface area contributed by atoms with Crippen LogP contribution in [0.3, 0.4) is 0 Å². The van der Waals surface area contributed by atoms with Gasteiger partial charge in [0, 0.05) is 11.6 Å². The maximum absolute atomic E-state index is 6.04. The van der Waals surface area contributed by atoms with Gasteiger partial charge < -0.3 is 10.5 Å². The molecule has 1 unspecified atom stereocenters. The molecular weight excluding hydrogens is 162 g/mol. The monoisotopic (exact) mass is 177 g/mol. The Morgan fingerprint density at radius 3 is 3.15 bits per heavy atom. The van der Waals surface area contributed by atoms with Crippen molar-refractivity contribution in [3.63, 3.8) is 0 Å². The molecule has 0 aliphatic carbocycles. The van der Waals surface area contributed by atoms with Gasteiger partial charge in [-0.1, -0.05) is 17.7 Å². The second-order valence-corrected chi connectivity index (χ2v) is 3.64. The molecule has 1 aromatic rings. The first-order valence-electron chi connectivity index (χ1n) is 4.76. The van der Waals surface area contributed by atoms with Gasteiger partial charge in [0.15, 0.2) is 0 Å². The van der Waals surface area contributed by atoms with Crippen LogP contribution in [0.4, 0.5) is 0 Å². The number of hydrogen-bond donors (Lipinski definition) is 1. The van der Waals surface area contributed by atoms with Gasteiger partial charge in [-0.15, -0.1) is 0 Å². The summed E-state index contributed by atoms with van der Waals surface area (Å²) >= 11 is 0. The number of fused-ring (bicyclic) bond motifs is 1. The van der Waals surface area contributed by atoms with Crippen molar-refractivity contribution >= 4 is 0 Å². The van der Waals surface area contributed by atoms with Crippen LogP contribution in [0.15, 0.2) is 18.2 Å². The minimum absolute atomic E-state index is 0.150. The van der Waals surface area contributed by atoms with E-state index in [1.54, 1.807) is 0 Å². The predicted molar refractivity (Wildman–Crippen MR) is 52.8 cm³/mol. The lowest BCUT2D eigenvalue weighted by Gasteiger charge is -2.11. The Labute approximate surface area is 78.7 Å². The molecule has 1 aromatic carbocycles. The standard InChI is InChI=1S/C11H15NO/c1-8-4-5-11-9(7-8)10(12)3-2-6-13-11/h4-5,7,10H,2-3,6,12H2,1H3. The van der Waals surface area contributed by atoms with E-state index in [1.807, 2.05) is 6.07 Å². The summed E-state index contributed by atoms with van der Waals surface area (Å²) in [5.41, 5.74) is 8.45. The molecule has 0 spiro atoms. The Morgan fingerprint density at radius 1 is 1.46 bits per heavy atom. The highest BCUT2D eigenvalue weighted by Gasteiger charge is 2.15. The molecule has 13 heavy (non-hydrogen) atoms. The highest BCUT2D eigenvalue weighted by atomic mass is 16.5. The number of rotatable bonds is 0. The summed E-state index contributed by atoms with van der Waals surface area (Å²) in [6, 6.07) is 6.37. The van der Waals surface area contributed by atoms with Gasteiger partial charge in [0.1, 0.15) is 5.75 Å². The van der Waals surface area contributed by atoms with Crippen LogP contribution in [-0.4, -0.2) is 6.61 Å². The van der Waals surface area contributed by atoms with Crippen LogP contribution < -0.4 is 10.5 Å². The van der Waals surface area contributed by atoms with Gasteiger partial charge in [0.25, 0.3) is 0 Å². The molecule has 0 saturated carbocycles. The third-order valence-corrected chi connectivity index (χ3v) is 2.48. The summed E-state index contributed by atoms with van der Waals surface area (Å²) in [6.07, 6.45) is 2.07. The predicted octanol–water partition coefficient (Wildman–Crippen LogP) is 2.17. The molecule has 0 amide bonds. The zero-order valence-electron chi connectivity index (χ0n) is 7.92. The van der Waals surface area contributed by atoms with Crippen molar-refractivity contribution in [1.82, 2.24) is 0 Å². The summed E-state index contributed by atoms with van der Waals surface area (Å²) in [5.74, 6) is 0.968. The van der Waals surface area contributed by atoms with Crippen LogP contribution in [0, 0.1) is 6.92 Å². The third kappa shape index (κ3) is 1.68. The highest BCUT2D eigenvalue weighted by Crippen LogP contribution is 2.30. The van der Waals surface area contributed by atoms with E-state index in [0.29, 0.717) is 0 Å². The smallest absolute Gasteiger partial charge is 0.124 e. The Balaban J connectivity index is 2.43. The van der Waals surface area contributed by atoms with E-state index in [2.05, 4.69) is 19.1 Å². The maximum Gasteiger partial charge on any atom is 0.124 e. The molecule has 2 nitrogen and oxygen atoms in total. The SMILES string of the molecule is Cc1ccc2c(c1)C(N)CCCO2. The van der Waals surface area contributed by atoms with Crippen LogP contribution in [0.25, 0.3) is 0 Å². The van der Waals surface area contributed by atoms with Crippen molar-refractivity contribution in [3.05, 3.63) is 29.3 Å². The topological polar surface area (TPSA) is 35.2 Å². The van der Waals surface area contributed by atoms with E-state index in [1.165, 1.54) is 5.56 Å². The lowest BCUT2D eigenvalue weighted by Crippen LogP contribution is -2.09. The van der Waals surface area contributed by atoms with Gasteiger partial charge in [0.05, 0.1) is 6.61 Å². The van der Waals surface area contributed by atoms with Crippen molar-refractivity contribution in [2.24, 2.45) is 5.73 Å². The fourth-order valence-electron chi connectivity index (χ4n) is 1.73. The van der Waals surface area contributed by atoms with Crippen molar-refractivity contribution < 1.29 is 4.74 Å². The second-order valence-electron chi connectivity index (χ2n) is 3.64. The van der Waals surface area contributed by atoms with E-state index in [-0.39, 0.29) is 6.04 Å². The maximum atomic E-state index is 6.04. The van der Waals surface area contributed by atoms with Gasteiger partial charge in [0.2, 0.25) is 0 Å². The lowest BCUT2D eigenvalue weighted by atomic mass is 10.0. The molecular formula is C11H15NO. The molecule has 2 N–H and O–H groups in total. The molecule has 70 valence electrons. The van der Waals surface area contributed by atoms with Gasteiger partial charge >= 0.3 is 0 Å². The minimum Gasteiger partial charge on any atom is -0.493 e. The fraction of sp³-hybridized carbons (Fsp3) is 0.455. The first-order valence-corrected chi connectivity index (χ1v) is 4.76. The number of nitrogens with two attached hydrogens (primary N) is 1. The highest BCUT2D eigenvalue weighted by molar-refractivity contribution is 5.39. The van der Waals surface area contributed by atoms with E-state index in [9.17, 15) is 0 Å². The van der Waals surface area contributed by atoms with Crippen molar-refractivity contribution in [3.8, 4) is 5.75 Å². The first-order chi connectivity index (χ1) is 6.27. The molecule has 0 aromatic heterocycles. The second kappa shape index (κ2) is 3.38. The number of ether oxygens (including phenoxy) is 1. The van der Waals surface area contributed by atoms with Crippen LogP contribution >= 0.6 is 0 Å². The Kier molecular flexibility index (Phi) is 2.23. The summed E-state index contributed by atoms with van der Waals surface area (Å²) in [6.45, 7) is 2.88. The Morgan fingerprint density at radius 2 is 2.31 bits per heavy atom. The zero-order chi connectivity index (χ0) is 9.26. The first kappa shape index (κ1) is 8.57. The van der Waals surface area contributed by atoms with Crippen LogP contribution in [0.1, 0.15) is 30.0 Å². The lowest BCUT2D eigenvalue weighted by molar-refractivity contribution is 0.316. The van der Waals surface area contributed by atoms with Gasteiger partial charge in [-0.05, 0) is 25.8 Å². The van der Waals surface area contributed by atoms with E-state index in [0.717, 1.165) is 30.8 Å². The Bertz CT molecular complexity index is 309. The van der Waals surface area contributed by atoms with Crippen LogP contribution in [0.5, 0.6) is 5.75 Å². The average molecular weight is 177 g/mol. The van der Waals surface area contributed by atoms with Gasteiger partial charge in [-0.25, -0.2) is 0 Å². The number of hydrogen-bond acceptors (Lipinski definition) is 2. The third-order valence-electron chi connectivity index (χ3n) is 2.48. The summed E-state index contributed by atoms with van der Waals surface area (Å²) in [5, 5.41) is 0. The largest absolute Gasteiger partial charge is 0.493 e. The molecule has 0 bridgehead atoms. The van der Waals surface area contributed by atoms with Crippen LogP contribution in [-0.2, 0) is 0 Å². The normalized spacial score (nSPS) is 21.5. The number of aryl methyl sites for hydroxylation is 1. The van der Waals surface area contributed by atoms with E-state index in [4.69, 9.17) is 10.5 Å². The average Bonchev–Trinajstić information content (AvgIpc) is 2.29. The zero-order valence-corrected chi connectivity index (χ0v) is 7.92. The van der Waals surface area contributed by atoms with Crippen molar-refractivity contribution in [2.45, 2.75) is 25.8 Å². The molecule has 2 rings (SSSR count). The van der Waals surface area contributed by atoms with E-state index >= 15 is 0 Å². The molecule has 1 heterocycles. The molecule has 2 heteroatoms. The quantitative estimate of drug-likeness (QED) is 0.659. The summed E-state index contributed by atoms with van der Waals surface area (Å²) < 4.78 is 5.59. The fourth-order valence-corrected chi connectivity index (χ4v) is 1.73. The molecule has 1 aliphatic heterocycles. The van der Waals surface area contributed by atoms with Crippen molar-refractivity contribution in [1.29, 1.82) is 0 Å². The van der Waals surface area contributed by atoms with Gasteiger partial charge in [-0.2, -0.15) is 0 Å². The summed E-state index contributed by atoms with van der Waals surface area (Å²) in [4.78, 5) is 0. The molecule has 1 atom stereocenters. The summed E-state index contributed by atoms with van der Waals surface area (Å²) in [7, 11) is 0. The number of benzene rings is 1. The minimum atomic E-state index is 0.150. The van der Waals surface area contributed by atoms with Crippen molar-refractivity contribution in [2.75, 3.05) is 6.61 Å². The molecule has 0 fully saturated rings. The van der Waals surface area contributed by atoms with Gasteiger partial charge in [-0.3, -0.25) is 0 Å². The van der Waals surface area contributed by atoms with E-state index < -0.39 is 0 Å². The van der Waals surface area contributed by atoms with Crippen LogP contribution in [0.2, 0.25) is 0 Å². The molecule has 1 aliphatic rings. The Hall–Kier alpha value is -1.02.